The van der Waals surface area contributed by atoms with Gasteiger partial charge in [-0.05, 0) is 42.5 Å². The maximum atomic E-state index is 13.4. The van der Waals surface area contributed by atoms with Gasteiger partial charge in [0.25, 0.3) is 5.91 Å². The first kappa shape index (κ1) is 16.3. The molecule has 0 unspecified atom stereocenters. The molecule has 0 saturated heterocycles. The molecule has 0 spiro atoms. The van der Waals surface area contributed by atoms with E-state index in [2.05, 4.69) is 5.32 Å². The van der Waals surface area contributed by atoms with Crippen LogP contribution in [0, 0.1) is 5.82 Å². The fourth-order valence-corrected chi connectivity index (χ4v) is 2.04. The molecule has 0 aliphatic carbocycles. The number of hydrogen-bond acceptors (Lipinski definition) is 3. The van der Waals surface area contributed by atoms with Gasteiger partial charge < -0.3 is 15.3 Å². The lowest BCUT2D eigenvalue weighted by molar-refractivity contribution is 0.102. The number of nitrogens with zero attached hydrogens (tertiary/aromatic N) is 1. The Kier molecular flexibility index (Phi) is 5.35. The molecule has 0 bridgehead atoms. The first-order chi connectivity index (χ1) is 10.5. The lowest BCUT2D eigenvalue weighted by atomic mass is 10.2. The zero-order valence-corrected chi connectivity index (χ0v) is 12.8. The SMILES string of the molecule is CN(CCO)c1ccc(NC(=O)c2ccc(Cl)c(F)c2)cc1. The number of rotatable bonds is 5. The van der Waals surface area contributed by atoms with Crippen molar-refractivity contribution in [3.63, 3.8) is 0 Å². The van der Waals surface area contributed by atoms with Crippen LogP contribution in [0.15, 0.2) is 42.5 Å². The Morgan fingerprint density at radius 2 is 1.95 bits per heavy atom. The third kappa shape index (κ3) is 3.96. The minimum Gasteiger partial charge on any atom is -0.395 e. The Hall–Kier alpha value is -2.11. The van der Waals surface area contributed by atoms with Gasteiger partial charge in [-0.2, -0.15) is 0 Å². The lowest BCUT2D eigenvalue weighted by Gasteiger charge is -2.18. The number of hydrogen-bond donors (Lipinski definition) is 2. The second-order valence-corrected chi connectivity index (χ2v) is 5.18. The van der Waals surface area contributed by atoms with Crippen LogP contribution in [-0.4, -0.2) is 31.2 Å². The van der Waals surface area contributed by atoms with Crippen molar-refractivity contribution in [2.45, 2.75) is 0 Å². The van der Waals surface area contributed by atoms with Gasteiger partial charge in [0.05, 0.1) is 11.6 Å². The molecule has 4 nitrogen and oxygen atoms in total. The molecular formula is C16H16ClFN2O2. The molecular weight excluding hydrogens is 307 g/mol. The molecule has 2 aromatic rings. The summed E-state index contributed by atoms with van der Waals surface area (Å²) in [4.78, 5) is 13.9. The predicted molar refractivity (Wildman–Crippen MR) is 86.2 cm³/mol. The van der Waals surface area contributed by atoms with Crippen LogP contribution >= 0.6 is 11.6 Å². The second-order valence-electron chi connectivity index (χ2n) is 4.78. The molecule has 0 fully saturated rings. The van der Waals surface area contributed by atoms with Crippen LogP contribution < -0.4 is 10.2 Å². The van der Waals surface area contributed by atoms with Crippen LogP contribution in [0.1, 0.15) is 10.4 Å². The van der Waals surface area contributed by atoms with Crippen molar-refractivity contribution >= 4 is 28.9 Å². The summed E-state index contributed by atoms with van der Waals surface area (Å²) >= 11 is 5.59. The van der Waals surface area contributed by atoms with Crippen LogP contribution in [0.25, 0.3) is 0 Å². The highest BCUT2D eigenvalue weighted by Crippen LogP contribution is 2.19. The predicted octanol–water partition coefficient (Wildman–Crippen LogP) is 3.16. The summed E-state index contributed by atoms with van der Waals surface area (Å²) < 4.78 is 13.4. The molecule has 2 rings (SSSR count). The van der Waals surface area contributed by atoms with Crippen LogP contribution in [0.2, 0.25) is 5.02 Å². The Bertz CT molecular complexity index is 662. The number of aliphatic hydroxyl groups excluding tert-OH is 1. The zero-order valence-electron chi connectivity index (χ0n) is 12.0. The third-order valence-electron chi connectivity index (χ3n) is 3.18. The van der Waals surface area contributed by atoms with Gasteiger partial charge in [-0.3, -0.25) is 4.79 Å². The van der Waals surface area contributed by atoms with Crippen LogP contribution in [0.3, 0.4) is 0 Å². The monoisotopic (exact) mass is 322 g/mol. The van der Waals surface area contributed by atoms with E-state index in [1.807, 2.05) is 24.1 Å². The topological polar surface area (TPSA) is 52.6 Å². The Morgan fingerprint density at radius 1 is 1.27 bits per heavy atom. The number of benzene rings is 2. The Labute approximate surface area is 133 Å². The van der Waals surface area contributed by atoms with Crippen LogP contribution in [0.4, 0.5) is 15.8 Å². The summed E-state index contributed by atoms with van der Waals surface area (Å²) in [6.45, 7) is 0.590. The number of likely N-dealkylation sites (N-methyl/N-ethyl adjacent to an activating group) is 1. The first-order valence-corrected chi connectivity index (χ1v) is 7.07. The number of halogens is 2. The largest absolute Gasteiger partial charge is 0.395 e. The number of anilines is 2. The van der Waals surface area contributed by atoms with Crippen LogP contribution in [0.5, 0.6) is 0 Å². The highest BCUT2D eigenvalue weighted by Gasteiger charge is 2.09. The van der Waals surface area contributed by atoms with Gasteiger partial charge in [-0.25, -0.2) is 4.39 Å². The van der Waals surface area contributed by atoms with Gasteiger partial charge in [0, 0.05) is 30.5 Å². The average molecular weight is 323 g/mol. The van der Waals surface area contributed by atoms with E-state index >= 15 is 0 Å². The lowest BCUT2D eigenvalue weighted by Crippen LogP contribution is -2.21. The van der Waals surface area contributed by atoms with Gasteiger partial charge in [-0.15, -0.1) is 0 Å². The van der Waals surface area contributed by atoms with E-state index < -0.39 is 11.7 Å². The number of aliphatic hydroxyl groups is 1. The van der Waals surface area contributed by atoms with E-state index in [9.17, 15) is 9.18 Å². The van der Waals surface area contributed by atoms with Crippen molar-refractivity contribution in [2.24, 2.45) is 0 Å². The summed E-state index contributed by atoms with van der Waals surface area (Å²) in [5, 5.41) is 11.6. The van der Waals surface area contributed by atoms with Crippen molar-refractivity contribution in [2.75, 3.05) is 30.4 Å². The fourth-order valence-electron chi connectivity index (χ4n) is 1.92. The van der Waals surface area contributed by atoms with Crippen molar-refractivity contribution < 1.29 is 14.3 Å². The van der Waals surface area contributed by atoms with Gasteiger partial charge in [0.1, 0.15) is 5.82 Å². The molecule has 6 heteroatoms. The smallest absolute Gasteiger partial charge is 0.255 e. The molecule has 22 heavy (non-hydrogen) atoms. The van der Waals surface area contributed by atoms with E-state index in [0.29, 0.717) is 12.2 Å². The summed E-state index contributed by atoms with van der Waals surface area (Å²) in [6.07, 6.45) is 0. The van der Waals surface area contributed by atoms with E-state index in [4.69, 9.17) is 16.7 Å². The first-order valence-electron chi connectivity index (χ1n) is 6.69. The molecule has 2 aromatic carbocycles. The molecule has 2 N–H and O–H groups in total. The molecule has 0 atom stereocenters. The van der Waals surface area contributed by atoms with Crippen LogP contribution in [-0.2, 0) is 0 Å². The highest BCUT2D eigenvalue weighted by molar-refractivity contribution is 6.30. The third-order valence-corrected chi connectivity index (χ3v) is 3.49. The quantitative estimate of drug-likeness (QED) is 0.889. The molecule has 0 aliphatic heterocycles. The fraction of sp³-hybridized carbons (Fsp3) is 0.188. The Balaban J connectivity index is 2.06. The van der Waals surface area contributed by atoms with Crippen molar-refractivity contribution in [1.82, 2.24) is 0 Å². The summed E-state index contributed by atoms with van der Waals surface area (Å²) in [5.74, 6) is -1.04. The standard InChI is InChI=1S/C16H16ClFN2O2/c1-20(8-9-21)13-5-3-12(4-6-13)19-16(22)11-2-7-14(17)15(18)10-11/h2-7,10,21H,8-9H2,1H3,(H,19,22). The maximum absolute atomic E-state index is 13.4. The molecule has 0 heterocycles. The molecule has 0 aliphatic rings. The van der Waals surface area contributed by atoms with E-state index in [1.165, 1.54) is 12.1 Å². The maximum Gasteiger partial charge on any atom is 0.255 e. The zero-order chi connectivity index (χ0) is 16.1. The van der Waals surface area contributed by atoms with Crippen molar-refractivity contribution in [3.05, 3.63) is 58.9 Å². The van der Waals surface area contributed by atoms with E-state index in [0.717, 1.165) is 11.8 Å². The van der Waals surface area contributed by atoms with Crippen molar-refractivity contribution in [3.8, 4) is 0 Å². The summed E-state index contributed by atoms with van der Waals surface area (Å²) in [6, 6.07) is 11.0. The highest BCUT2D eigenvalue weighted by atomic mass is 35.5. The number of carbonyl (C=O) groups excluding carboxylic acids is 1. The summed E-state index contributed by atoms with van der Waals surface area (Å²) in [5.41, 5.74) is 1.72. The summed E-state index contributed by atoms with van der Waals surface area (Å²) in [7, 11) is 1.86. The van der Waals surface area contributed by atoms with Gasteiger partial charge in [0.2, 0.25) is 0 Å². The number of nitrogens with one attached hydrogen (secondary N) is 1. The number of amides is 1. The minimum absolute atomic E-state index is 0.0205. The molecule has 1 amide bonds. The molecule has 116 valence electrons. The normalized spacial score (nSPS) is 10.4. The second kappa shape index (κ2) is 7.24. The van der Waals surface area contributed by atoms with Crippen molar-refractivity contribution in [1.29, 1.82) is 0 Å². The molecule has 0 saturated carbocycles. The number of carbonyl (C=O) groups is 1. The van der Waals surface area contributed by atoms with Gasteiger partial charge in [0.15, 0.2) is 0 Å². The molecule has 0 radical (unpaired) electrons. The van der Waals surface area contributed by atoms with Gasteiger partial charge >= 0.3 is 0 Å². The minimum atomic E-state index is -0.629. The van der Waals surface area contributed by atoms with E-state index in [-0.39, 0.29) is 17.2 Å². The Morgan fingerprint density at radius 3 is 2.55 bits per heavy atom. The average Bonchev–Trinajstić information content (AvgIpc) is 2.51. The van der Waals surface area contributed by atoms with Gasteiger partial charge in [-0.1, -0.05) is 11.6 Å². The molecule has 0 aromatic heterocycles. The van der Waals surface area contributed by atoms with E-state index in [1.54, 1.807) is 12.1 Å².